The second-order valence-electron chi connectivity index (χ2n) is 5.05. The summed E-state index contributed by atoms with van der Waals surface area (Å²) < 4.78 is 1.63. The number of carbonyl (C=O) groups is 1. The SMILES string of the molecule is Cc1ccc2c(C(=O)O)c(C)nn2c1-c1ccc(Cl)cc1Cl. The van der Waals surface area contributed by atoms with Crippen LogP contribution in [0, 0.1) is 13.8 Å². The Balaban J connectivity index is 2.41. The molecule has 0 saturated carbocycles. The van der Waals surface area contributed by atoms with Crippen molar-refractivity contribution in [3.63, 3.8) is 0 Å². The maximum absolute atomic E-state index is 11.4. The Kier molecular flexibility index (Phi) is 3.59. The molecule has 0 saturated heterocycles. The van der Waals surface area contributed by atoms with E-state index in [2.05, 4.69) is 5.10 Å². The van der Waals surface area contributed by atoms with E-state index in [4.69, 9.17) is 23.2 Å². The van der Waals surface area contributed by atoms with Crippen molar-refractivity contribution >= 4 is 34.7 Å². The zero-order valence-corrected chi connectivity index (χ0v) is 13.4. The zero-order chi connectivity index (χ0) is 16.0. The molecular formula is C16H12Cl2N2O2. The Morgan fingerprint density at radius 3 is 2.55 bits per heavy atom. The third kappa shape index (κ3) is 2.25. The van der Waals surface area contributed by atoms with Crippen LogP contribution in [0.2, 0.25) is 10.0 Å². The molecule has 4 nitrogen and oxygen atoms in total. The van der Waals surface area contributed by atoms with Gasteiger partial charge < -0.3 is 5.11 Å². The molecule has 0 atom stereocenters. The Bertz CT molecular complexity index is 916. The molecule has 1 N–H and O–H groups in total. The molecular weight excluding hydrogens is 323 g/mol. The first-order chi connectivity index (χ1) is 10.4. The van der Waals surface area contributed by atoms with E-state index in [1.165, 1.54) is 0 Å². The van der Waals surface area contributed by atoms with Gasteiger partial charge >= 0.3 is 5.97 Å². The highest BCUT2D eigenvalue weighted by molar-refractivity contribution is 6.36. The standard InChI is InChI=1S/C16H12Cl2N2O2/c1-8-3-6-13-14(16(21)22)9(2)19-20(13)15(8)11-5-4-10(17)7-12(11)18/h3-7H,1-2H3,(H,21,22). The quantitative estimate of drug-likeness (QED) is 0.743. The Morgan fingerprint density at radius 2 is 1.91 bits per heavy atom. The molecule has 2 heterocycles. The van der Waals surface area contributed by atoms with E-state index < -0.39 is 5.97 Å². The van der Waals surface area contributed by atoms with E-state index in [0.29, 0.717) is 21.3 Å². The number of pyridine rings is 1. The molecule has 3 aromatic rings. The van der Waals surface area contributed by atoms with Crippen LogP contribution in [0.15, 0.2) is 30.3 Å². The molecule has 0 spiro atoms. The van der Waals surface area contributed by atoms with Gasteiger partial charge in [-0.05, 0) is 43.7 Å². The molecule has 0 aliphatic carbocycles. The number of halogens is 2. The first kappa shape index (κ1) is 14.9. The summed E-state index contributed by atoms with van der Waals surface area (Å²) >= 11 is 12.3. The van der Waals surface area contributed by atoms with E-state index in [9.17, 15) is 9.90 Å². The molecule has 1 aromatic carbocycles. The van der Waals surface area contributed by atoms with Crippen LogP contribution in [0.4, 0.5) is 0 Å². The van der Waals surface area contributed by atoms with Gasteiger partial charge in [-0.25, -0.2) is 9.31 Å². The van der Waals surface area contributed by atoms with Gasteiger partial charge in [-0.1, -0.05) is 29.3 Å². The summed E-state index contributed by atoms with van der Waals surface area (Å²) in [7, 11) is 0. The number of carboxylic acid groups (broad SMARTS) is 1. The van der Waals surface area contributed by atoms with Gasteiger partial charge in [0.2, 0.25) is 0 Å². The Labute approximate surface area is 136 Å². The average Bonchev–Trinajstić information content (AvgIpc) is 2.76. The molecule has 0 fully saturated rings. The lowest BCUT2D eigenvalue weighted by Gasteiger charge is -2.11. The predicted octanol–water partition coefficient (Wildman–Crippen LogP) is 4.62. The van der Waals surface area contributed by atoms with Crippen molar-refractivity contribution in [3.05, 3.63) is 57.2 Å². The Hall–Kier alpha value is -2.04. The summed E-state index contributed by atoms with van der Waals surface area (Å²) in [5, 5.41) is 14.8. The van der Waals surface area contributed by atoms with Gasteiger partial charge in [0.25, 0.3) is 0 Å². The van der Waals surface area contributed by atoms with Crippen LogP contribution in [0.3, 0.4) is 0 Å². The topological polar surface area (TPSA) is 54.6 Å². The van der Waals surface area contributed by atoms with E-state index in [1.807, 2.05) is 19.1 Å². The first-order valence-corrected chi connectivity index (χ1v) is 7.33. The van der Waals surface area contributed by atoms with E-state index in [-0.39, 0.29) is 5.56 Å². The minimum atomic E-state index is -0.996. The summed E-state index contributed by atoms with van der Waals surface area (Å²) in [4.78, 5) is 11.4. The van der Waals surface area contributed by atoms with Gasteiger partial charge in [-0.3, -0.25) is 0 Å². The molecule has 0 unspecified atom stereocenters. The minimum Gasteiger partial charge on any atom is -0.478 e. The first-order valence-electron chi connectivity index (χ1n) is 6.58. The number of aryl methyl sites for hydroxylation is 2. The summed E-state index contributed by atoms with van der Waals surface area (Å²) in [5.41, 5.74) is 3.66. The fraction of sp³-hybridized carbons (Fsp3) is 0.125. The molecule has 0 radical (unpaired) electrons. The third-order valence-electron chi connectivity index (χ3n) is 3.57. The minimum absolute atomic E-state index is 0.200. The lowest BCUT2D eigenvalue weighted by molar-refractivity contribution is 0.0698. The van der Waals surface area contributed by atoms with Crippen LogP contribution < -0.4 is 0 Å². The highest BCUT2D eigenvalue weighted by Crippen LogP contribution is 2.33. The Morgan fingerprint density at radius 1 is 1.18 bits per heavy atom. The fourth-order valence-electron chi connectivity index (χ4n) is 2.59. The lowest BCUT2D eigenvalue weighted by atomic mass is 10.1. The lowest BCUT2D eigenvalue weighted by Crippen LogP contribution is -2.00. The number of hydrogen-bond donors (Lipinski definition) is 1. The predicted molar refractivity (Wildman–Crippen MR) is 87.1 cm³/mol. The van der Waals surface area contributed by atoms with Gasteiger partial charge in [-0.15, -0.1) is 0 Å². The molecule has 0 bridgehead atoms. The van der Waals surface area contributed by atoms with Crippen molar-refractivity contribution in [2.24, 2.45) is 0 Å². The maximum Gasteiger partial charge on any atom is 0.339 e. The summed E-state index contributed by atoms with van der Waals surface area (Å²) in [5.74, 6) is -0.996. The van der Waals surface area contributed by atoms with E-state index in [1.54, 1.807) is 29.6 Å². The molecule has 22 heavy (non-hydrogen) atoms. The molecule has 2 aromatic heterocycles. The van der Waals surface area contributed by atoms with Crippen molar-refractivity contribution in [1.82, 2.24) is 9.61 Å². The van der Waals surface area contributed by atoms with Crippen molar-refractivity contribution in [2.75, 3.05) is 0 Å². The average molecular weight is 335 g/mol. The second-order valence-corrected chi connectivity index (χ2v) is 5.90. The third-order valence-corrected chi connectivity index (χ3v) is 4.12. The van der Waals surface area contributed by atoms with E-state index >= 15 is 0 Å². The van der Waals surface area contributed by atoms with Gasteiger partial charge in [0, 0.05) is 10.6 Å². The van der Waals surface area contributed by atoms with Gasteiger partial charge in [-0.2, -0.15) is 5.10 Å². The molecule has 0 amide bonds. The highest BCUT2D eigenvalue weighted by Gasteiger charge is 2.20. The number of carboxylic acids is 1. The molecule has 6 heteroatoms. The second kappa shape index (κ2) is 5.30. The van der Waals surface area contributed by atoms with Gasteiger partial charge in [0.15, 0.2) is 0 Å². The zero-order valence-electron chi connectivity index (χ0n) is 11.9. The van der Waals surface area contributed by atoms with Crippen molar-refractivity contribution in [3.8, 4) is 11.3 Å². The highest BCUT2D eigenvalue weighted by atomic mass is 35.5. The number of aromatic carboxylic acids is 1. The summed E-state index contributed by atoms with van der Waals surface area (Å²) in [6, 6.07) is 8.83. The van der Waals surface area contributed by atoms with Crippen LogP contribution in [0.5, 0.6) is 0 Å². The summed E-state index contributed by atoms with van der Waals surface area (Å²) in [6.07, 6.45) is 0. The van der Waals surface area contributed by atoms with Crippen LogP contribution in [-0.2, 0) is 0 Å². The fourth-order valence-corrected chi connectivity index (χ4v) is 3.09. The van der Waals surface area contributed by atoms with Crippen molar-refractivity contribution < 1.29 is 9.90 Å². The number of fused-ring (bicyclic) bond motifs is 1. The van der Waals surface area contributed by atoms with Crippen molar-refractivity contribution in [2.45, 2.75) is 13.8 Å². The molecule has 0 aliphatic rings. The maximum atomic E-state index is 11.4. The van der Waals surface area contributed by atoms with Crippen LogP contribution >= 0.6 is 23.2 Å². The van der Waals surface area contributed by atoms with Crippen LogP contribution in [0.1, 0.15) is 21.6 Å². The molecule has 3 rings (SSSR count). The normalized spacial score (nSPS) is 11.1. The monoisotopic (exact) mass is 334 g/mol. The number of aromatic nitrogens is 2. The van der Waals surface area contributed by atoms with E-state index in [0.717, 1.165) is 16.8 Å². The van der Waals surface area contributed by atoms with Crippen LogP contribution in [0.25, 0.3) is 16.8 Å². The van der Waals surface area contributed by atoms with Crippen LogP contribution in [-0.4, -0.2) is 20.7 Å². The van der Waals surface area contributed by atoms with Gasteiger partial charge in [0.1, 0.15) is 5.56 Å². The number of benzene rings is 1. The van der Waals surface area contributed by atoms with Crippen molar-refractivity contribution in [1.29, 1.82) is 0 Å². The number of nitrogens with zero attached hydrogens (tertiary/aromatic N) is 2. The largest absolute Gasteiger partial charge is 0.478 e. The molecule has 0 aliphatic heterocycles. The van der Waals surface area contributed by atoms with Gasteiger partial charge in [0.05, 0.1) is 21.9 Å². The summed E-state index contributed by atoms with van der Waals surface area (Å²) in [6.45, 7) is 3.61. The number of rotatable bonds is 2. The smallest absolute Gasteiger partial charge is 0.339 e. The molecule has 112 valence electrons. The number of hydrogen-bond acceptors (Lipinski definition) is 2.